The zero-order chi connectivity index (χ0) is 28.9. The topological polar surface area (TPSA) is 104 Å². The van der Waals surface area contributed by atoms with Gasteiger partial charge in [-0.2, -0.15) is 0 Å². The van der Waals surface area contributed by atoms with Crippen molar-refractivity contribution < 1.29 is 38.4 Å². The molecule has 7 rings (SSSR count). The highest BCUT2D eigenvalue weighted by Gasteiger charge is 2.88. The number of carbonyl (C=O) groups excluding carboxylic acids is 2. The number of hydrogen-bond donors (Lipinski definition) is 1. The highest BCUT2D eigenvalue weighted by Crippen LogP contribution is 2.79. The highest BCUT2D eigenvalue weighted by molar-refractivity contribution is 5.89. The number of likely N-dealkylation sites (tertiary alicyclic amines) is 1. The SMILES string of the molecule is COC[C@@]12CC[C@H](OC)[C@]34C([C@H]([C@H](OC)[C@H]13)[C@@]1(OC(C)=O)C=C[C@@]3(O)C[C@@H]4[C@@H]1[C@H]3OC(=O)c1ccccc1)N(C)C2. The van der Waals surface area contributed by atoms with Crippen LogP contribution in [0, 0.1) is 34.5 Å². The van der Waals surface area contributed by atoms with Crippen LogP contribution in [0.15, 0.2) is 42.5 Å². The van der Waals surface area contributed by atoms with E-state index in [9.17, 15) is 14.7 Å². The molecule has 1 N–H and O–H groups in total. The summed E-state index contributed by atoms with van der Waals surface area (Å²) in [6.07, 6.45) is 4.51. The van der Waals surface area contributed by atoms with Crippen molar-refractivity contribution in [3.63, 3.8) is 0 Å². The summed E-state index contributed by atoms with van der Waals surface area (Å²) in [7, 11) is 7.44. The monoisotopic (exact) mass is 567 g/mol. The first kappa shape index (κ1) is 27.5. The van der Waals surface area contributed by atoms with Crippen molar-refractivity contribution in [3.05, 3.63) is 48.0 Å². The number of esters is 2. The maximum atomic E-state index is 13.5. The summed E-state index contributed by atoms with van der Waals surface area (Å²) >= 11 is 0. The third-order valence-electron chi connectivity index (χ3n) is 11.9. The van der Waals surface area contributed by atoms with E-state index < -0.39 is 40.6 Å². The lowest BCUT2D eigenvalue weighted by Gasteiger charge is -2.68. The maximum absolute atomic E-state index is 13.5. The number of aliphatic hydroxyl groups is 1. The average Bonchev–Trinajstić information content (AvgIpc) is 3.32. The predicted molar refractivity (Wildman–Crippen MR) is 147 cm³/mol. The minimum Gasteiger partial charge on any atom is -0.455 e. The average molecular weight is 568 g/mol. The van der Waals surface area contributed by atoms with Gasteiger partial charge in [-0.15, -0.1) is 0 Å². The Morgan fingerprint density at radius 1 is 1.07 bits per heavy atom. The highest BCUT2D eigenvalue weighted by atomic mass is 16.6. The summed E-state index contributed by atoms with van der Waals surface area (Å²) in [5.74, 6) is -1.79. The van der Waals surface area contributed by atoms with Crippen molar-refractivity contribution >= 4 is 11.9 Å². The van der Waals surface area contributed by atoms with Crippen LogP contribution in [0.5, 0.6) is 0 Å². The molecule has 1 heterocycles. The van der Waals surface area contributed by atoms with Gasteiger partial charge in [0.1, 0.15) is 17.3 Å². The molecule has 9 nitrogen and oxygen atoms in total. The fourth-order valence-electron chi connectivity index (χ4n) is 11.4. The van der Waals surface area contributed by atoms with Crippen LogP contribution in [-0.2, 0) is 28.5 Å². The Balaban J connectivity index is 1.46. The Morgan fingerprint density at radius 2 is 1.83 bits per heavy atom. The number of nitrogens with zero attached hydrogens (tertiary/aromatic N) is 1. The number of hydrogen-bond acceptors (Lipinski definition) is 9. The summed E-state index contributed by atoms with van der Waals surface area (Å²) in [5.41, 5.74) is -2.77. The summed E-state index contributed by atoms with van der Waals surface area (Å²) in [6.45, 7) is 2.83. The fourth-order valence-corrected chi connectivity index (χ4v) is 11.4. The molecule has 6 aliphatic rings. The summed E-state index contributed by atoms with van der Waals surface area (Å²) in [6, 6.07) is 8.79. The van der Waals surface area contributed by atoms with Crippen LogP contribution in [-0.4, -0.2) is 99.0 Å². The Bertz CT molecular complexity index is 1270. The van der Waals surface area contributed by atoms with Gasteiger partial charge in [0.2, 0.25) is 0 Å². The first-order valence-corrected chi connectivity index (χ1v) is 14.8. The zero-order valence-corrected chi connectivity index (χ0v) is 24.4. The molecule has 1 aliphatic heterocycles. The van der Waals surface area contributed by atoms with Gasteiger partial charge in [0, 0.05) is 69.4 Å². The number of methoxy groups -OCH3 is 3. The molecule has 222 valence electrons. The van der Waals surface area contributed by atoms with Crippen molar-refractivity contribution in [1.29, 1.82) is 0 Å². The molecule has 5 fully saturated rings. The predicted octanol–water partition coefficient (Wildman–Crippen LogP) is 2.47. The van der Waals surface area contributed by atoms with Gasteiger partial charge in [0.15, 0.2) is 0 Å². The molecule has 12 atom stereocenters. The number of rotatable bonds is 7. The Labute approximate surface area is 241 Å². The molecule has 1 saturated heterocycles. The lowest BCUT2D eigenvalue weighted by atomic mass is 9.43. The van der Waals surface area contributed by atoms with E-state index in [4.69, 9.17) is 23.7 Å². The van der Waals surface area contributed by atoms with Crippen molar-refractivity contribution in [2.75, 3.05) is 41.5 Å². The largest absolute Gasteiger partial charge is 0.455 e. The quantitative estimate of drug-likeness (QED) is 0.393. The second-order valence-electron chi connectivity index (χ2n) is 13.4. The van der Waals surface area contributed by atoms with E-state index in [0.29, 0.717) is 18.6 Å². The molecule has 41 heavy (non-hydrogen) atoms. The van der Waals surface area contributed by atoms with Gasteiger partial charge in [-0.05, 0) is 56.5 Å². The smallest absolute Gasteiger partial charge is 0.338 e. The van der Waals surface area contributed by atoms with Crippen LogP contribution >= 0.6 is 0 Å². The first-order valence-electron chi connectivity index (χ1n) is 14.8. The van der Waals surface area contributed by atoms with Crippen LogP contribution in [0.3, 0.4) is 0 Å². The molecule has 9 heteroatoms. The first-order chi connectivity index (χ1) is 19.6. The Morgan fingerprint density at radius 3 is 2.49 bits per heavy atom. The molecule has 1 unspecified atom stereocenters. The van der Waals surface area contributed by atoms with Gasteiger partial charge in [-0.25, -0.2) is 4.79 Å². The zero-order valence-electron chi connectivity index (χ0n) is 24.4. The molecule has 1 spiro atoms. The van der Waals surface area contributed by atoms with Crippen LogP contribution in [0.1, 0.15) is 36.5 Å². The van der Waals surface area contributed by atoms with Crippen molar-refractivity contribution in [2.24, 2.45) is 34.5 Å². The van der Waals surface area contributed by atoms with Gasteiger partial charge < -0.3 is 33.7 Å². The van der Waals surface area contributed by atoms with E-state index in [-0.39, 0.29) is 41.4 Å². The van der Waals surface area contributed by atoms with E-state index in [1.807, 2.05) is 12.1 Å². The lowest BCUT2D eigenvalue weighted by molar-refractivity contribution is -0.263. The van der Waals surface area contributed by atoms with E-state index in [1.54, 1.807) is 51.7 Å². The number of piperidine rings is 1. The van der Waals surface area contributed by atoms with E-state index in [0.717, 1.165) is 19.4 Å². The van der Waals surface area contributed by atoms with Gasteiger partial charge in [-0.3, -0.25) is 4.79 Å². The van der Waals surface area contributed by atoms with Crippen LogP contribution < -0.4 is 0 Å². The van der Waals surface area contributed by atoms with Crippen molar-refractivity contribution in [2.45, 2.75) is 61.7 Å². The molecule has 5 aliphatic carbocycles. The Hall–Kier alpha value is -2.30. The summed E-state index contributed by atoms with van der Waals surface area (Å²) in [4.78, 5) is 28.9. The minimum atomic E-state index is -1.41. The number of fused-ring (bicyclic) bond motifs is 2. The summed E-state index contributed by atoms with van der Waals surface area (Å²) < 4.78 is 31.5. The molecule has 7 bridgehead atoms. The molecule has 0 amide bonds. The van der Waals surface area contributed by atoms with Gasteiger partial charge >= 0.3 is 11.9 Å². The standard InChI is InChI=1S/C32H41NO8/c1-18(34)41-31-14-13-30(36)15-20(22(31)27(30)40-28(35)19-9-7-6-8-10-19)32-21(38-4)11-12-29(17-37-3)16-33(2)26(32)23(31)24(39-5)25(29)32/h6-10,13-14,20-27,36H,11-12,15-17H2,1-5H3/t20-,21+,22-,23+,24+,25-,26?,27-,29+,30-,31-,32+/m1/s1. The second-order valence-corrected chi connectivity index (χ2v) is 13.4. The molecule has 1 aromatic carbocycles. The Kier molecular flexibility index (Phi) is 6.11. The van der Waals surface area contributed by atoms with Crippen LogP contribution in [0.4, 0.5) is 0 Å². The van der Waals surface area contributed by atoms with Crippen molar-refractivity contribution in [1.82, 2.24) is 4.90 Å². The molecule has 4 saturated carbocycles. The van der Waals surface area contributed by atoms with Crippen LogP contribution in [0.2, 0.25) is 0 Å². The lowest BCUT2D eigenvalue weighted by Crippen LogP contribution is -2.76. The van der Waals surface area contributed by atoms with Gasteiger partial charge in [-0.1, -0.05) is 18.2 Å². The summed E-state index contributed by atoms with van der Waals surface area (Å²) in [5, 5.41) is 12.3. The van der Waals surface area contributed by atoms with E-state index in [1.165, 1.54) is 6.92 Å². The fraction of sp³-hybridized carbons (Fsp3) is 0.688. The van der Waals surface area contributed by atoms with Crippen LogP contribution in [0.25, 0.3) is 0 Å². The normalized spacial score (nSPS) is 48.6. The second kappa shape index (κ2) is 9.10. The van der Waals surface area contributed by atoms with Gasteiger partial charge in [0.05, 0.1) is 24.4 Å². The molecule has 1 aromatic rings. The molecular formula is C32H41NO8. The minimum absolute atomic E-state index is 0.0362. The van der Waals surface area contributed by atoms with Crippen molar-refractivity contribution in [3.8, 4) is 0 Å². The third-order valence-corrected chi connectivity index (χ3v) is 11.9. The number of ether oxygens (including phenoxy) is 5. The third kappa shape index (κ3) is 3.24. The maximum Gasteiger partial charge on any atom is 0.338 e. The van der Waals surface area contributed by atoms with Gasteiger partial charge in [0.25, 0.3) is 0 Å². The molecule has 0 aromatic heterocycles. The molecular weight excluding hydrogens is 526 g/mol. The van der Waals surface area contributed by atoms with E-state index in [2.05, 4.69) is 11.9 Å². The van der Waals surface area contributed by atoms with E-state index >= 15 is 0 Å². The molecule has 0 radical (unpaired) electrons. The number of benzene rings is 1. The number of carbonyl (C=O) groups is 2.